The molecule has 1 heterocycles. The van der Waals surface area contributed by atoms with Crippen molar-refractivity contribution >= 4 is 40.9 Å². The number of hydrogen-bond acceptors (Lipinski definition) is 3. The van der Waals surface area contributed by atoms with Crippen molar-refractivity contribution in [3.8, 4) is 0 Å². The molecule has 0 fully saturated rings. The highest BCUT2D eigenvalue weighted by molar-refractivity contribution is 7.98. The van der Waals surface area contributed by atoms with Crippen molar-refractivity contribution in [2.24, 2.45) is 0 Å². The lowest BCUT2D eigenvalue weighted by molar-refractivity contribution is -0.136. The van der Waals surface area contributed by atoms with E-state index >= 15 is 0 Å². The van der Waals surface area contributed by atoms with Crippen molar-refractivity contribution in [3.63, 3.8) is 0 Å². The fraction of sp³-hybridized carbons (Fsp3) is 0.333. The molecule has 0 aliphatic heterocycles. The van der Waals surface area contributed by atoms with Gasteiger partial charge in [-0.1, -0.05) is 23.2 Å². The number of aromatic nitrogens is 1. The van der Waals surface area contributed by atoms with Crippen LogP contribution in [0.3, 0.4) is 0 Å². The fourth-order valence-electron chi connectivity index (χ4n) is 0.884. The van der Waals surface area contributed by atoms with Gasteiger partial charge in [0.1, 0.15) is 5.15 Å². The van der Waals surface area contributed by atoms with Crippen molar-refractivity contribution in [2.45, 2.75) is 12.2 Å². The zero-order valence-electron chi connectivity index (χ0n) is 7.74. The molecule has 0 bridgehead atoms. The van der Waals surface area contributed by atoms with Gasteiger partial charge in [0.25, 0.3) is 0 Å². The van der Waals surface area contributed by atoms with Gasteiger partial charge in [0, 0.05) is 22.7 Å². The Morgan fingerprint density at radius 3 is 2.87 bits per heavy atom. The molecule has 1 N–H and O–H groups in total. The van der Waals surface area contributed by atoms with Crippen LogP contribution in [0.25, 0.3) is 0 Å². The zero-order chi connectivity index (χ0) is 11.3. The standard InChI is InChI=1S/C9H9Cl2NO2S/c10-7-3-8(11)12-4-6(7)5-15-2-1-9(13)14/h3-4H,1-2,5H2,(H,13,14). The number of halogens is 2. The summed E-state index contributed by atoms with van der Waals surface area (Å²) in [6.07, 6.45) is 1.77. The summed E-state index contributed by atoms with van der Waals surface area (Å²) < 4.78 is 0. The minimum atomic E-state index is -0.789. The largest absolute Gasteiger partial charge is 0.481 e. The normalized spacial score (nSPS) is 10.3. The molecule has 0 aliphatic carbocycles. The molecule has 1 rings (SSSR count). The minimum absolute atomic E-state index is 0.156. The van der Waals surface area contributed by atoms with Gasteiger partial charge in [-0.2, -0.15) is 11.8 Å². The molecule has 0 atom stereocenters. The summed E-state index contributed by atoms with van der Waals surface area (Å²) >= 11 is 13.1. The van der Waals surface area contributed by atoms with E-state index in [0.717, 1.165) is 5.56 Å². The summed E-state index contributed by atoms with van der Waals surface area (Å²) in [5.41, 5.74) is 0.872. The molecule has 0 aliphatic rings. The topological polar surface area (TPSA) is 50.2 Å². The van der Waals surface area contributed by atoms with E-state index in [1.54, 1.807) is 12.3 Å². The third-order valence-corrected chi connectivity index (χ3v) is 3.18. The number of thioether (sulfide) groups is 1. The second kappa shape index (κ2) is 6.20. The van der Waals surface area contributed by atoms with E-state index in [0.29, 0.717) is 21.7 Å². The Morgan fingerprint density at radius 1 is 1.53 bits per heavy atom. The molecule has 82 valence electrons. The van der Waals surface area contributed by atoms with Gasteiger partial charge in [-0.3, -0.25) is 4.79 Å². The molecule has 0 unspecified atom stereocenters. The Morgan fingerprint density at radius 2 is 2.27 bits per heavy atom. The van der Waals surface area contributed by atoms with Crippen LogP contribution in [0.15, 0.2) is 12.3 Å². The van der Waals surface area contributed by atoms with E-state index in [9.17, 15) is 4.79 Å². The zero-order valence-corrected chi connectivity index (χ0v) is 10.1. The van der Waals surface area contributed by atoms with Crippen LogP contribution < -0.4 is 0 Å². The number of aliphatic carboxylic acids is 1. The highest BCUT2D eigenvalue weighted by atomic mass is 35.5. The van der Waals surface area contributed by atoms with Crippen LogP contribution in [0, 0.1) is 0 Å². The van der Waals surface area contributed by atoms with Gasteiger partial charge in [0.15, 0.2) is 0 Å². The van der Waals surface area contributed by atoms with Gasteiger partial charge in [-0.25, -0.2) is 4.98 Å². The van der Waals surface area contributed by atoms with Crippen molar-refractivity contribution in [2.75, 3.05) is 5.75 Å². The van der Waals surface area contributed by atoms with Crippen LogP contribution in [0.4, 0.5) is 0 Å². The van der Waals surface area contributed by atoms with Crippen LogP contribution in [0.1, 0.15) is 12.0 Å². The average molecular weight is 266 g/mol. The molecular formula is C9H9Cl2NO2S. The van der Waals surface area contributed by atoms with Gasteiger partial charge in [-0.15, -0.1) is 0 Å². The van der Waals surface area contributed by atoms with E-state index in [-0.39, 0.29) is 6.42 Å². The second-order valence-corrected chi connectivity index (χ2v) is 4.69. The van der Waals surface area contributed by atoms with E-state index in [2.05, 4.69) is 4.98 Å². The average Bonchev–Trinajstić information content (AvgIpc) is 2.14. The van der Waals surface area contributed by atoms with Crippen LogP contribution in [0.2, 0.25) is 10.2 Å². The van der Waals surface area contributed by atoms with E-state index in [1.165, 1.54) is 11.8 Å². The maximum Gasteiger partial charge on any atom is 0.304 e. The molecule has 6 heteroatoms. The van der Waals surface area contributed by atoms with Gasteiger partial charge in [0.05, 0.1) is 6.42 Å². The van der Waals surface area contributed by atoms with Crippen molar-refractivity contribution < 1.29 is 9.90 Å². The van der Waals surface area contributed by atoms with Gasteiger partial charge < -0.3 is 5.11 Å². The monoisotopic (exact) mass is 265 g/mol. The van der Waals surface area contributed by atoms with Crippen LogP contribution in [-0.4, -0.2) is 21.8 Å². The molecule has 0 aromatic carbocycles. The SMILES string of the molecule is O=C(O)CCSCc1cnc(Cl)cc1Cl. The Labute approximate surface area is 102 Å². The van der Waals surface area contributed by atoms with E-state index in [4.69, 9.17) is 28.3 Å². The molecule has 0 saturated carbocycles. The summed E-state index contributed by atoms with van der Waals surface area (Å²) in [6.45, 7) is 0. The molecule has 1 aromatic heterocycles. The highest BCUT2D eigenvalue weighted by Crippen LogP contribution is 2.23. The summed E-state index contributed by atoms with van der Waals surface area (Å²) in [5, 5.41) is 9.36. The number of hydrogen-bond donors (Lipinski definition) is 1. The number of carboxylic acids is 1. The Hall–Kier alpha value is -0.450. The summed E-state index contributed by atoms with van der Waals surface area (Å²) in [6, 6.07) is 1.58. The highest BCUT2D eigenvalue weighted by Gasteiger charge is 2.03. The second-order valence-electron chi connectivity index (χ2n) is 2.79. The predicted molar refractivity (Wildman–Crippen MR) is 62.7 cm³/mol. The van der Waals surface area contributed by atoms with Crippen molar-refractivity contribution in [3.05, 3.63) is 28.0 Å². The first-order valence-electron chi connectivity index (χ1n) is 4.19. The number of carboxylic acid groups (broad SMARTS) is 1. The first-order chi connectivity index (χ1) is 7.09. The molecule has 3 nitrogen and oxygen atoms in total. The molecule has 15 heavy (non-hydrogen) atoms. The molecule has 1 aromatic rings. The Balaban J connectivity index is 2.40. The maximum atomic E-state index is 10.3. The third kappa shape index (κ3) is 4.73. The number of pyridine rings is 1. The number of carbonyl (C=O) groups is 1. The van der Waals surface area contributed by atoms with Crippen molar-refractivity contribution in [1.29, 1.82) is 0 Å². The Kier molecular flexibility index (Phi) is 5.22. The lowest BCUT2D eigenvalue weighted by atomic mass is 10.3. The molecular weight excluding hydrogens is 257 g/mol. The van der Waals surface area contributed by atoms with Crippen molar-refractivity contribution in [1.82, 2.24) is 4.98 Å². The third-order valence-electron chi connectivity index (χ3n) is 1.61. The molecule has 0 radical (unpaired) electrons. The van der Waals surface area contributed by atoms with Crippen LogP contribution in [0.5, 0.6) is 0 Å². The predicted octanol–water partition coefficient (Wildman–Crippen LogP) is 3.10. The molecule has 0 saturated heterocycles. The fourth-order valence-corrected chi connectivity index (χ4v) is 2.31. The lowest BCUT2D eigenvalue weighted by Gasteiger charge is -2.02. The number of rotatable bonds is 5. The Bertz CT molecular complexity index is 360. The quantitative estimate of drug-likeness (QED) is 0.657. The van der Waals surface area contributed by atoms with Gasteiger partial charge in [0.2, 0.25) is 0 Å². The van der Waals surface area contributed by atoms with E-state index in [1.807, 2.05) is 0 Å². The molecule has 0 spiro atoms. The van der Waals surface area contributed by atoms with Crippen LogP contribution in [-0.2, 0) is 10.5 Å². The summed E-state index contributed by atoms with van der Waals surface area (Å²) in [5.74, 6) is 0.424. The lowest BCUT2D eigenvalue weighted by Crippen LogP contribution is -1.96. The van der Waals surface area contributed by atoms with Gasteiger partial charge in [-0.05, 0) is 11.6 Å². The summed E-state index contributed by atoms with van der Waals surface area (Å²) in [7, 11) is 0. The smallest absolute Gasteiger partial charge is 0.304 e. The van der Waals surface area contributed by atoms with Gasteiger partial charge >= 0.3 is 5.97 Å². The molecule has 0 amide bonds. The number of nitrogens with zero attached hydrogens (tertiary/aromatic N) is 1. The van der Waals surface area contributed by atoms with E-state index < -0.39 is 5.97 Å². The maximum absolute atomic E-state index is 10.3. The van der Waals surface area contributed by atoms with Crippen LogP contribution >= 0.6 is 35.0 Å². The summed E-state index contributed by atoms with van der Waals surface area (Å²) in [4.78, 5) is 14.2. The first-order valence-corrected chi connectivity index (χ1v) is 6.10. The first kappa shape index (κ1) is 12.6. The minimum Gasteiger partial charge on any atom is -0.481 e.